The van der Waals surface area contributed by atoms with Crippen LogP contribution in [0, 0.1) is 13.8 Å². The number of guanidine groups is 1. The minimum atomic E-state index is 0. The number of aryl methyl sites for hydroxylation is 2. The molecule has 7 nitrogen and oxygen atoms in total. The van der Waals surface area contributed by atoms with Crippen molar-refractivity contribution in [2.75, 3.05) is 52.9 Å². The predicted molar refractivity (Wildman–Crippen MR) is 119 cm³/mol. The minimum Gasteiger partial charge on any atom is -0.357 e. The van der Waals surface area contributed by atoms with Crippen molar-refractivity contribution in [3.05, 3.63) is 17.0 Å². The molecular formula is C18H36IN7. The molecule has 1 fully saturated rings. The Morgan fingerprint density at radius 1 is 1.12 bits per heavy atom. The Balaban J connectivity index is 0.00000338. The Morgan fingerprint density at radius 2 is 1.88 bits per heavy atom. The Morgan fingerprint density at radius 3 is 2.54 bits per heavy atom. The lowest BCUT2D eigenvalue weighted by atomic mass is 10.2. The zero-order valence-electron chi connectivity index (χ0n) is 17.0. The molecular weight excluding hydrogens is 441 g/mol. The largest absolute Gasteiger partial charge is 0.357 e. The molecule has 0 amide bonds. The lowest BCUT2D eigenvalue weighted by Gasteiger charge is -2.21. The molecule has 0 atom stereocenters. The molecule has 0 unspecified atom stereocenters. The summed E-state index contributed by atoms with van der Waals surface area (Å²) >= 11 is 0. The number of nitrogens with one attached hydrogen (secondary N) is 2. The molecule has 8 heteroatoms. The third kappa shape index (κ3) is 7.03. The first kappa shape index (κ1) is 23.2. The summed E-state index contributed by atoms with van der Waals surface area (Å²) in [6.07, 6.45) is 1.25. The van der Waals surface area contributed by atoms with Gasteiger partial charge in [0.1, 0.15) is 0 Å². The zero-order valence-corrected chi connectivity index (χ0v) is 19.3. The first-order valence-electron chi connectivity index (χ1n) is 9.43. The van der Waals surface area contributed by atoms with Crippen LogP contribution in [0.15, 0.2) is 4.99 Å². The second kappa shape index (κ2) is 11.8. The van der Waals surface area contributed by atoms with Crippen molar-refractivity contribution in [3.8, 4) is 0 Å². The molecule has 1 aliphatic rings. The first-order chi connectivity index (χ1) is 12.0. The molecule has 2 heterocycles. The number of nitrogens with zero attached hydrogens (tertiary/aromatic N) is 5. The summed E-state index contributed by atoms with van der Waals surface area (Å²) in [5, 5.41) is 11.3. The van der Waals surface area contributed by atoms with Gasteiger partial charge in [0.05, 0.1) is 12.2 Å². The van der Waals surface area contributed by atoms with E-state index < -0.39 is 0 Å². The molecule has 2 rings (SSSR count). The maximum Gasteiger partial charge on any atom is 0.191 e. The number of aromatic nitrogens is 2. The fraction of sp³-hybridized carbons (Fsp3) is 0.778. The molecule has 0 radical (unpaired) electrons. The van der Waals surface area contributed by atoms with Gasteiger partial charge in [0.25, 0.3) is 0 Å². The minimum absolute atomic E-state index is 0. The van der Waals surface area contributed by atoms with Crippen LogP contribution in [0.1, 0.15) is 30.3 Å². The maximum atomic E-state index is 4.75. The molecule has 1 aromatic heterocycles. The molecule has 150 valence electrons. The lowest BCUT2D eigenvalue weighted by Crippen LogP contribution is -2.42. The van der Waals surface area contributed by atoms with Crippen molar-refractivity contribution in [2.24, 2.45) is 12.0 Å². The highest BCUT2D eigenvalue weighted by Gasteiger charge is 2.12. The van der Waals surface area contributed by atoms with Gasteiger partial charge in [-0.1, -0.05) is 0 Å². The summed E-state index contributed by atoms with van der Waals surface area (Å²) in [6.45, 7) is 14.5. The molecule has 0 saturated carbocycles. The first-order valence-corrected chi connectivity index (χ1v) is 9.43. The second-order valence-electron chi connectivity index (χ2n) is 6.89. The van der Waals surface area contributed by atoms with Gasteiger partial charge in [-0.25, -0.2) is 4.99 Å². The molecule has 1 aromatic rings. The Bertz CT molecular complexity index is 570. The summed E-state index contributed by atoms with van der Waals surface area (Å²) in [4.78, 5) is 9.70. The van der Waals surface area contributed by atoms with E-state index in [1.807, 2.05) is 11.7 Å². The highest BCUT2D eigenvalue weighted by atomic mass is 127. The van der Waals surface area contributed by atoms with E-state index in [1.54, 1.807) is 0 Å². The molecule has 0 spiro atoms. The average Bonchev–Trinajstić information content (AvgIpc) is 2.73. The Labute approximate surface area is 175 Å². The van der Waals surface area contributed by atoms with Crippen molar-refractivity contribution in [1.29, 1.82) is 0 Å². The fourth-order valence-corrected chi connectivity index (χ4v) is 3.20. The second-order valence-corrected chi connectivity index (χ2v) is 6.89. The Hall–Kier alpha value is -0.870. The van der Waals surface area contributed by atoms with E-state index in [9.17, 15) is 0 Å². The van der Waals surface area contributed by atoms with E-state index >= 15 is 0 Å². The van der Waals surface area contributed by atoms with Gasteiger partial charge in [0.2, 0.25) is 0 Å². The Kier molecular flexibility index (Phi) is 10.5. The summed E-state index contributed by atoms with van der Waals surface area (Å²) < 4.78 is 1.93. The maximum absolute atomic E-state index is 4.75. The van der Waals surface area contributed by atoms with Gasteiger partial charge in [-0.15, -0.1) is 24.0 Å². The van der Waals surface area contributed by atoms with Crippen LogP contribution in [-0.2, 0) is 13.6 Å². The zero-order chi connectivity index (χ0) is 18.2. The van der Waals surface area contributed by atoms with Crippen molar-refractivity contribution in [1.82, 2.24) is 30.2 Å². The number of hydrogen-bond donors (Lipinski definition) is 2. The van der Waals surface area contributed by atoms with Gasteiger partial charge >= 0.3 is 0 Å². The molecule has 26 heavy (non-hydrogen) atoms. The van der Waals surface area contributed by atoms with Crippen LogP contribution >= 0.6 is 24.0 Å². The quantitative estimate of drug-likeness (QED) is 0.368. The van der Waals surface area contributed by atoms with E-state index in [0.29, 0.717) is 6.54 Å². The average molecular weight is 477 g/mol. The van der Waals surface area contributed by atoms with Gasteiger partial charge in [-0.05, 0) is 47.3 Å². The highest BCUT2D eigenvalue weighted by molar-refractivity contribution is 14.0. The number of hydrogen-bond acceptors (Lipinski definition) is 4. The summed E-state index contributed by atoms with van der Waals surface area (Å²) in [5.41, 5.74) is 3.47. The van der Waals surface area contributed by atoms with Gasteiger partial charge < -0.3 is 20.4 Å². The van der Waals surface area contributed by atoms with Crippen molar-refractivity contribution in [3.63, 3.8) is 0 Å². The number of halogens is 1. The SMILES string of the molecule is CCNC(=NCc1c(C)nn(C)c1C)NCCN1CCCN(C)CC1.I. The predicted octanol–water partition coefficient (Wildman–Crippen LogP) is 1.35. The van der Waals surface area contributed by atoms with Crippen LogP contribution < -0.4 is 10.6 Å². The van der Waals surface area contributed by atoms with Crippen molar-refractivity contribution in [2.45, 2.75) is 33.7 Å². The summed E-state index contributed by atoms with van der Waals surface area (Å²) in [6, 6.07) is 0. The van der Waals surface area contributed by atoms with E-state index in [0.717, 1.165) is 44.4 Å². The molecule has 0 bridgehead atoms. The third-order valence-electron chi connectivity index (χ3n) is 4.93. The van der Waals surface area contributed by atoms with Crippen LogP contribution in [-0.4, -0.2) is 78.4 Å². The van der Waals surface area contributed by atoms with Crippen LogP contribution in [0.4, 0.5) is 0 Å². The third-order valence-corrected chi connectivity index (χ3v) is 4.93. The van der Waals surface area contributed by atoms with Crippen LogP contribution in [0.2, 0.25) is 0 Å². The van der Waals surface area contributed by atoms with Crippen molar-refractivity contribution >= 4 is 29.9 Å². The molecule has 2 N–H and O–H groups in total. The molecule has 1 saturated heterocycles. The van der Waals surface area contributed by atoms with Crippen LogP contribution in [0.25, 0.3) is 0 Å². The smallest absolute Gasteiger partial charge is 0.191 e. The topological polar surface area (TPSA) is 60.7 Å². The van der Waals surface area contributed by atoms with Gasteiger partial charge in [0, 0.05) is 51.0 Å². The van der Waals surface area contributed by atoms with Gasteiger partial charge in [-0.3, -0.25) is 4.68 Å². The lowest BCUT2D eigenvalue weighted by molar-refractivity contribution is 0.280. The van der Waals surface area contributed by atoms with E-state index in [1.165, 1.54) is 30.8 Å². The summed E-state index contributed by atoms with van der Waals surface area (Å²) in [5.74, 6) is 0.886. The van der Waals surface area contributed by atoms with Gasteiger partial charge in [0.15, 0.2) is 5.96 Å². The number of rotatable bonds is 6. The fourth-order valence-electron chi connectivity index (χ4n) is 3.20. The summed E-state index contributed by atoms with van der Waals surface area (Å²) in [7, 11) is 4.19. The monoisotopic (exact) mass is 477 g/mol. The molecule has 0 aliphatic carbocycles. The van der Waals surface area contributed by atoms with Gasteiger partial charge in [-0.2, -0.15) is 5.10 Å². The number of likely N-dealkylation sites (N-methyl/N-ethyl adjacent to an activating group) is 1. The molecule has 1 aliphatic heterocycles. The standard InChI is InChI=1S/C18H35N7.HI/c1-6-19-18(21-14-17-15(2)22-24(5)16(17)3)20-8-11-25-10-7-9-23(4)12-13-25;/h6-14H2,1-5H3,(H2,19,20,21);1H. The van der Waals surface area contributed by atoms with E-state index in [-0.39, 0.29) is 24.0 Å². The van der Waals surface area contributed by atoms with Crippen molar-refractivity contribution < 1.29 is 0 Å². The number of aliphatic imine (C=N–C) groups is 1. The highest BCUT2D eigenvalue weighted by Crippen LogP contribution is 2.12. The molecule has 0 aromatic carbocycles. The van der Waals surface area contributed by atoms with Crippen LogP contribution in [0.5, 0.6) is 0 Å². The van der Waals surface area contributed by atoms with E-state index in [4.69, 9.17) is 4.99 Å². The van der Waals surface area contributed by atoms with E-state index in [2.05, 4.69) is 53.4 Å². The normalized spacial score (nSPS) is 16.9. The van der Waals surface area contributed by atoms with Crippen LogP contribution in [0.3, 0.4) is 0 Å².